The lowest BCUT2D eigenvalue weighted by atomic mass is 10.1. The van der Waals surface area contributed by atoms with Crippen molar-refractivity contribution < 1.29 is 4.84 Å². The van der Waals surface area contributed by atoms with Crippen LogP contribution in [0.2, 0.25) is 0 Å². The van der Waals surface area contributed by atoms with Crippen molar-refractivity contribution >= 4 is 31.3 Å². The molecule has 2 aromatic rings. The van der Waals surface area contributed by atoms with Gasteiger partial charge in [0.25, 0.3) is 0 Å². The van der Waals surface area contributed by atoms with E-state index in [1.54, 1.807) is 7.11 Å². The fourth-order valence-corrected chi connectivity index (χ4v) is 2.12. The van der Waals surface area contributed by atoms with Crippen LogP contribution in [-0.2, 0) is 11.3 Å². The first kappa shape index (κ1) is 11.1. The lowest BCUT2D eigenvalue weighted by Crippen LogP contribution is -1.94. The first-order valence-corrected chi connectivity index (χ1v) is 5.82. The molecule has 2 nitrogen and oxygen atoms in total. The van der Waals surface area contributed by atoms with Crippen LogP contribution in [0.3, 0.4) is 0 Å². The summed E-state index contributed by atoms with van der Waals surface area (Å²) < 4.78 is 0.797. The third kappa shape index (κ3) is 2.61. The van der Waals surface area contributed by atoms with Crippen LogP contribution in [0, 0.1) is 0 Å². The van der Waals surface area contributed by atoms with Crippen molar-refractivity contribution in [2.75, 3.05) is 7.11 Å². The Morgan fingerprint density at radius 2 is 1.94 bits per heavy atom. The largest absolute Gasteiger partial charge is 0.398 e. The molecule has 0 saturated carbocycles. The van der Waals surface area contributed by atoms with Crippen molar-refractivity contribution in [2.45, 2.75) is 6.42 Å². The maximum absolute atomic E-state index is 4.70. The number of benzene rings is 2. The molecule has 0 radical (unpaired) electrons. The van der Waals surface area contributed by atoms with E-state index in [1.807, 2.05) is 12.1 Å². The van der Waals surface area contributed by atoms with E-state index in [0.29, 0.717) is 0 Å². The molecule has 0 aliphatic carbocycles. The molecule has 16 heavy (non-hydrogen) atoms. The summed E-state index contributed by atoms with van der Waals surface area (Å²) in [5.74, 6) is 0. The molecule has 0 heterocycles. The van der Waals surface area contributed by atoms with E-state index in [-0.39, 0.29) is 0 Å². The fourth-order valence-electron chi connectivity index (χ4n) is 1.65. The Bertz CT molecular complexity index is 522. The average Bonchev–Trinajstić information content (AvgIpc) is 2.29. The minimum atomic E-state index is 0.749. The van der Waals surface area contributed by atoms with Crippen molar-refractivity contribution in [1.82, 2.24) is 0 Å². The first-order valence-electron chi connectivity index (χ1n) is 5.03. The van der Waals surface area contributed by atoms with E-state index in [4.69, 9.17) is 4.84 Å². The first-order chi connectivity index (χ1) is 7.79. The summed E-state index contributed by atoms with van der Waals surface area (Å²) in [6.07, 6.45) is 0.749. The molecule has 0 spiro atoms. The second kappa shape index (κ2) is 5.12. The van der Waals surface area contributed by atoms with E-state index in [9.17, 15) is 0 Å². The molecule has 82 valence electrons. The zero-order valence-electron chi connectivity index (χ0n) is 8.98. The summed E-state index contributed by atoms with van der Waals surface area (Å²) in [5, 5.41) is 6.34. The Labute approximate surface area is 103 Å². The van der Waals surface area contributed by atoms with Gasteiger partial charge in [0.15, 0.2) is 0 Å². The smallest absolute Gasteiger partial charge is 0.127 e. The predicted octanol–water partition coefficient (Wildman–Crippen LogP) is 3.74. The van der Waals surface area contributed by atoms with Gasteiger partial charge in [-0.3, -0.25) is 0 Å². The molecular weight excluding hydrogens is 266 g/mol. The Morgan fingerprint density at radius 1 is 1.19 bits per heavy atom. The highest BCUT2D eigenvalue weighted by molar-refractivity contribution is 9.18. The van der Waals surface area contributed by atoms with Crippen LogP contribution in [0.15, 0.2) is 47.6 Å². The second-order valence-electron chi connectivity index (χ2n) is 3.51. The van der Waals surface area contributed by atoms with E-state index in [2.05, 4.69) is 51.4 Å². The lowest BCUT2D eigenvalue weighted by molar-refractivity contribution is 0.214. The minimum absolute atomic E-state index is 0.749. The number of nitrogens with zero attached hydrogens (tertiary/aromatic N) is 1. The van der Waals surface area contributed by atoms with E-state index >= 15 is 0 Å². The van der Waals surface area contributed by atoms with Crippen molar-refractivity contribution in [1.29, 1.82) is 0 Å². The molecule has 3 heteroatoms. The van der Waals surface area contributed by atoms with Gasteiger partial charge in [0.1, 0.15) is 11.7 Å². The quantitative estimate of drug-likeness (QED) is 0.619. The highest BCUT2D eigenvalue weighted by Gasteiger charge is 2.00. The molecule has 2 aromatic carbocycles. The summed E-state index contributed by atoms with van der Waals surface area (Å²) in [7, 11) is 1.54. The zero-order chi connectivity index (χ0) is 11.4. The topological polar surface area (TPSA) is 21.6 Å². The summed E-state index contributed by atoms with van der Waals surface area (Å²) >= 11 is 3.36. The monoisotopic (exact) mass is 277 g/mol. The number of hydrogen-bond donors (Lipinski definition) is 0. The van der Waals surface area contributed by atoms with Crippen molar-refractivity contribution in [3.8, 4) is 0 Å². The maximum Gasteiger partial charge on any atom is 0.127 e. The van der Waals surface area contributed by atoms with Gasteiger partial charge in [-0.2, -0.15) is 0 Å². The van der Waals surface area contributed by atoms with Crippen molar-refractivity contribution in [2.24, 2.45) is 5.16 Å². The lowest BCUT2D eigenvalue weighted by Gasteiger charge is -2.02. The minimum Gasteiger partial charge on any atom is -0.398 e. The number of fused-ring (bicyclic) bond motifs is 1. The van der Waals surface area contributed by atoms with Crippen LogP contribution in [0.5, 0.6) is 0 Å². The molecule has 0 unspecified atom stereocenters. The number of oxime groups is 1. The van der Waals surface area contributed by atoms with Crippen LogP contribution in [0.4, 0.5) is 0 Å². The molecule has 0 N–H and O–H groups in total. The molecule has 0 fully saturated rings. The Hall–Kier alpha value is -1.35. The van der Waals surface area contributed by atoms with Gasteiger partial charge >= 0.3 is 0 Å². The van der Waals surface area contributed by atoms with Gasteiger partial charge in [-0.1, -0.05) is 47.6 Å². The highest BCUT2D eigenvalue weighted by Crippen LogP contribution is 2.16. The van der Waals surface area contributed by atoms with Gasteiger partial charge in [0, 0.05) is 6.42 Å². The SMILES string of the molecule is CO/N=C(\Br)Cc1ccc2ccccc2c1. The highest BCUT2D eigenvalue weighted by atomic mass is 79.9. The van der Waals surface area contributed by atoms with Crippen LogP contribution in [0.25, 0.3) is 10.8 Å². The Kier molecular flexibility index (Phi) is 3.57. The van der Waals surface area contributed by atoms with E-state index in [1.165, 1.54) is 16.3 Å². The van der Waals surface area contributed by atoms with Crippen molar-refractivity contribution in [3.63, 3.8) is 0 Å². The predicted molar refractivity (Wildman–Crippen MR) is 71.0 cm³/mol. The van der Waals surface area contributed by atoms with Gasteiger partial charge in [-0.05, 0) is 32.3 Å². The number of hydrogen-bond acceptors (Lipinski definition) is 2. The molecule has 0 aliphatic rings. The summed E-state index contributed by atoms with van der Waals surface area (Å²) in [6, 6.07) is 14.7. The van der Waals surface area contributed by atoms with E-state index in [0.717, 1.165) is 11.0 Å². The van der Waals surface area contributed by atoms with Gasteiger partial charge < -0.3 is 4.84 Å². The molecule has 0 saturated heterocycles. The normalized spacial score (nSPS) is 11.8. The van der Waals surface area contributed by atoms with E-state index < -0.39 is 0 Å². The average molecular weight is 278 g/mol. The molecule has 0 bridgehead atoms. The van der Waals surface area contributed by atoms with Crippen LogP contribution < -0.4 is 0 Å². The second-order valence-corrected chi connectivity index (χ2v) is 4.42. The molecule has 0 atom stereocenters. The van der Waals surface area contributed by atoms with Crippen molar-refractivity contribution in [3.05, 3.63) is 48.0 Å². The van der Waals surface area contributed by atoms with Gasteiger partial charge in [-0.15, -0.1) is 0 Å². The zero-order valence-corrected chi connectivity index (χ0v) is 10.6. The third-order valence-electron chi connectivity index (χ3n) is 2.35. The van der Waals surface area contributed by atoms with Crippen LogP contribution >= 0.6 is 15.9 Å². The van der Waals surface area contributed by atoms with Gasteiger partial charge in [-0.25, -0.2) is 0 Å². The molecular formula is C13H12BrNO. The fraction of sp³-hybridized carbons (Fsp3) is 0.154. The molecule has 0 aliphatic heterocycles. The van der Waals surface area contributed by atoms with Gasteiger partial charge in [0.05, 0.1) is 0 Å². The standard InChI is InChI=1S/C13H12BrNO/c1-16-15-13(14)9-10-6-7-11-4-2-3-5-12(11)8-10/h2-8H,9H2,1H3/b15-13-. The summed E-state index contributed by atoms with van der Waals surface area (Å²) in [5.41, 5.74) is 1.21. The molecule has 0 amide bonds. The van der Waals surface area contributed by atoms with Crippen LogP contribution in [0.1, 0.15) is 5.56 Å². The van der Waals surface area contributed by atoms with Gasteiger partial charge in [0.2, 0.25) is 0 Å². The van der Waals surface area contributed by atoms with Crippen LogP contribution in [-0.4, -0.2) is 11.7 Å². The summed E-state index contributed by atoms with van der Waals surface area (Å²) in [6.45, 7) is 0. The molecule has 0 aromatic heterocycles. The third-order valence-corrected chi connectivity index (χ3v) is 2.78. The molecule has 2 rings (SSSR count). The Morgan fingerprint density at radius 3 is 2.69 bits per heavy atom. The number of halogens is 1. The maximum atomic E-state index is 4.70. The summed E-state index contributed by atoms with van der Waals surface area (Å²) in [4.78, 5) is 4.70. The Balaban J connectivity index is 2.29. The number of rotatable bonds is 3.